The molecule has 0 aliphatic carbocycles. The molecule has 3 heterocycles. The second-order valence-corrected chi connectivity index (χ2v) is 8.42. The van der Waals surface area contributed by atoms with Crippen LogP contribution in [-0.4, -0.2) is 81.7 Å². The second-order valence-electron chi connectivity index (χ2n) is 8.42. The molecule has 0 atom stereocenters. The van der Waals surface area contributed by atoms with Gasteiger partial charge in [0.2, 0.25) is 0 Å². The van der Waals surface area contributed by atoms with Crippen molar-refractivity contribution in [3.8, 4) is 0 Å². The predicted octanol–water partition coefficient (Wildman–Crippen LogP) is 3.12. The highest BCUT2D eigenvalue weighted by Gasteiger charge is 2.25. The van der Waals surface area contributed by atoms with Crippen LogP contribution in [0.15, 0.2) is 30.5 Å². The van der Waals surface area contributed by atoms with Crippen molar-refractivity contribution in [1.82, 2.24) is 19.3 Å². The number of hydrogen-bond acceptors (Lipinski definition) is 3. The number of piperazine rings is 1. The average Bonchev–Trinajstić information content (AvgIpc) is 3.16. The highest BCUT2D eigenvalue weighted by molar-refractivity contribution is 5.98. The van der Waals surface area contributed by atoms with Gasteiger partial charge in [0, 0.05) is 74.0 Å². The molecule has 0 bridgehead atoms. The van der Waals surface area contributed by atoms with Crippen LogP contribution < -0.4 is 0 Å². The van der Waals surface area contributed by atoms with E-state index in [1.54, 1.807) is 0 Å². The van der Waals surface area contributed by atoms with Crippen LogP contribution in [0.4, 0.5) is 4.79 Å². The molecule has 2 aromatic rings. The number of nitrogens with zero attached hydrogens (tertiary/aromatic N) is 4. The Bertz CT molecular complexity index is 891. The molecule has 1 aromatic heterocycles. The predicted molar refractivity (Wildman–Crippen MR) is 112 cm³/mol. The van der Waals surface area contributed by atoms with Crippen molar-refractivity contribution in [3.05, 3.63) is 36.0 Å². The summed E-state index contributed by atoms with van der Waals surface area (Å²) >= 11 is 0. The normalized spacial score (nSPS) is 19.3. The number of hydrogen-bond donors (Lipinski definition) is 1. The number of carboxylic acid groups (broad SMARTS) is 1. The molecule has 29 heavy (non-hydrogen) atoms. The first-order valence-electron chi connectivity index (χ1n) is 10.6. The number of rotatable bonds is 3. The number of aromatic nitrogens is 1. The van der Waals surface area contributed by atoms with Crippen molar-refractivity contribution in [1.29, 1.82) is 0 Å². The van der Waals surface area contributed by atoms with E-state index in [1.165, 1.54) is 4.90 Å². The van der Waals surface area contributed by atoms with E-state index in [4.69, 9.17) is 5.11 Å². The number of carbonyl (C=O) groups is 2. The molecule has 0 unspecified atom stereocenters. The van der Waals surface area contributed by atoms with Crippen molar-refractivity contribution in [2.75, 3.05) is 39.3 Å². The highest BCUT2D eigenvalue weighted by atomic mass is 16.4. The molecule has 0 radical (unpaired) electrons. The van der Waals surface area contributed by atoms with E-state index in [-0.39, 0.29) is 5.91 Å². The molecule has 2 aliphatic heterocycles. The zero-order chi connectivity index (χ0) is 20.5. The number of piperidine rings is 1. The lowest BCUT2D eigenvalue weighted by Crippen LogP contribution is -2.50. The molecule has 1 aromatic carbocycles. The van der Waals surface area contributed by atoms with E-state index < -0.39 is 6.09 Å². The maximum atomic E-state index is 13.0. The summed E-state index contributed by atoms with van der Waals surface area (Å²) in [7, 11) is 0. The van der Waals surface area contributed by atoms with Crippen LogP contribution in [-0.2, 0) is 0 Å². The smallest absolute Gasteiger partial charge is 0.407 e. The summed E-state index contributed by atoms with van der Waals surface area (Å²) in [5.41, 5.74) is 1.86. The summed E-state index contributed by atoms with van der Waals surface area (Å²) in [6, 6.07) is 8.85. The first kappa shape index (κ1) is 19.8. The monoisotopic (exact) mass is 398 g/mol. The number of fused-ring (bicyclic) bond motifs is 1. The van der Waals surface area contributed by atoms with Crippen molar-refractivity contribution in [2.24, 2.45) is 0 Å². The lowest BCUT2D eigenvalue weighted by molar-refractivity contribution is 0.0595. The minimum Gasteiger partial charge on any atom is -0.465 e. The lowest BCUT2D eigenvalue weighted by Gasteiger charge is -2.37. The molecule has 0 spiro atoms. The van der Waals surface area contributed by atoms with Gasteiger partial charge in [-0.05, 0) is 51.0 Å². The quantitative estimate of drug-likeness (QED) is 0.863. The molecule has 1 N–H and O–H groups in total. The fraction of sp³-hybridized carbons (Fsp3) is 0.545. The Hall–Kier alpha value is -2.54. The summed E-state index contributed by atoms with van der Waals surface area (Å²) in [5.74, 6) is 0.109. The third-order valence-electron chi connectivity index (χ3n) is 6.43. The second kappa shape index (κ2) is 8.06. The van der Waals surface area contributed by atoms with Crippen LogP contribution in [0, 0.1) is 0 Å². The zero-order valence-electron chi connectivity index (χ0n) is 17.3. The summed E-state index contributed by atoms with van der Waals surface area (Å²) in [5, 5.41) is 10.2. The summed E-state index contributed by atoms with van der Waals surface area (Å²) in [4.78, 5) is 29.9. The Balaban J connectivity index is 1.46. The van der Waals surface area contributed by atoms with Crippen molar-refractivity contribution in [3.63, 3.8) is 0 Å². The number of carbonyl (C=O) groups excluding carboxylic acids is 1. The Morgan fingerprint density at radius 1 is 0.966 bits per heavy atom. The number of amides is 2. The standard InChI is InChI=1S/C22H30N4O3/c1-16(2)23-11-13-24(14-12-23)21(27)18-3-4-20-17(15-18)5-10-26(20)19-6-8-25(9-7-19)22(28)29/h3-5,10,15-16,19H,6-9,11-14H2,1-2H3,(H,28,29). The van der Waals surface area contributed by atoms with E-state index >= 15 is 0 Å². The number of likely N-dealkylation sites (tertiary alicyclic amines) is 1. The van der Waals surface area contributed by atoms with E-state index in [1.807, 2.05) is 23.1 Å². The molecule has 0 saturated carbocycles. The largest absolute Gasteiger partial charge is 0.465 e. The van der Waals surface area contributed by atoms with Crippen LogP contribution in [0.25, 0.3) is 10.9 Å². The molecule has 2 fully saturated rings. The highest BCUT2D eigenvalue weighted by Crippen LogP contribution is 2.28. The van der Waals surface area contributed by atoms with Gasteiger partial charge < -0.3 is 19.5 Å². The molecule has 4 rings (SSSR count). The van der Waals surface area contributed by atoms with Gasteiger partial charge in [-0.3, -0.25) is 9.69 Å². The Labute approximate surface area is 171 Å². The SMILES string of the molecule is CC(C)N1CCN(C(=O)c2ccc3c(ccn3C3CCN(C(=O)O)CC3)c2)CC1. The van der Waals surface area contributed by atoms with Crippen molar-refractivity contribution < 1.29 is 14.7 Å². The topological polar surface area (TPSA) is 69.0 Å². The molecule has 2 amide bonds. The fourth-order valence-electron chi connectivity index (χ4n) is 4.57. The van der Waals surface area contributed by atoms with Gasteiger partial charge in [0.25, 0.3) is 5.91 Å². The molecular formula is C22H30N4O3. The van der Waals surface area contributed by atoms with Crippen LogP contribution in [0.3, 0.4) is 0 Å². The maximum absolute atomic E-state index is 13.0. The third-order valence-corrected chi connectivity index (χ3v) is 6.43. The first-order valence-corrected chi connectivity index (χ1v) is 10.6. The number of benzene rings is 1. The Morgan fingerprint density at radius 2 is 1.66 bits per heavy atom. The van der Waals surface area contributed by atoms with Crippen LogP contribution >= 0.6 is 0 Å². The van der Waals surface area contributed by atoms with Crippen LogP contribution in [0.2, 0.25) is 0 Å². The minimum atomic E-state index is -0.835. The molecular weight excluding hydrogens is 368 g/mol. The van der Waals surface area contributed by atoms with Gasteiger partial charge in [-0.25, -0.2) is 4.79 Å². The van der Waals surface area contributed by atoms with Gasteiger partial charge in [0.15, 0.2) is 0 Å². The van der Waals surface area contributed by atoms with Gasteiger partial charge in [0.1, 0.15) is 0 Å². The van der Waals surface area contributed by atoms with E-state index in [0.717, 1.165) is 55.5 Å². The molecule has 156 valence electrons. The van der Waals surface area contributed by atoms with E-state index in [9.17, 15) is 9.59 Å². The van der Waals surface area contributed by atoms with E-state index in [2.05, 4.69) is 35.6 Å². The van der Waals surface area contributed by atoms with Gasteiger partial charge >= 0.3 is 6.09 Å². The molecule has 2 aliphatic rings. The van der Waals surface area contributed by atoms with Crippen molar-refractivity contribution >= 4 is 22.9 Å². The van der Waals surface area contributed by atoms with Gasteiger partial charge in [0.05, 0.1) is 0 Å². The maximum Gasteiger partial charge on any atom is 0.407 e. The molecule has 7 nitrogen and oxygen atoms in total. The summed E-state index contributed by atoms with van der Waals surface area (Å²) in [6.07, 6.45) is 2.87. The van der Waals surface area contributed by atoms with Gasteiger partial charge in [-0.15, -0.1) is 0 Å². The molecule has 2 saturated heterocycles. The van der Waals surface area contributed by atoms with Crippen LogP contribution in [0.5, 0.6) is 0 Å². The van der Waals surface area contributed by atoms with Gasteiger partial charge in [-0.2, -0.15) is 0 Å². The van der Waals surface area contributed by atoms with Gasteiger partial charge in [-0.1, -0.05) is 0 Å². The average molecular weight is 399 g/mol. The van der Waals surface area contributed by atoms with Crippen molar-refractivity contribution in [2.45, 2.75) is 38.8 Å². The van der Waals surface area contributed by atoms with E-state index in [0.29, 0.717) is 25.2 Å². The fourth-order valence-corrected chi connectivity index (χ4v) is 4.57. The zero-order valence-corrected chi connectivity index (χ0v) is 17.3. The van der Waals surface area contributed by atoms with Crippen LogP contribution in [0.1, 0.15) is 43.1 Å². The third kappa shape index (κ3) is 3.96. The minimum absolute atomic E-state index is 0.109. The Kier molecular flexibility index (Phi) is 5.50. The summed E-state index contributed by atoms with van der Waals surface area (Å²) in [6.45, 7) is 8.94. The lowest BCUT2D eigenvalue weighted by atomic mass is 10.0. The first-order chi connectivity index (χ1) is 13.9. The summed E-state index contributed by atoms with van der Waals surface area (Å²) < 4.78 is 2.24. The molecule has 7 heteroatoms. The Morgan fingerprint density at radius 3 is 2.28 bits per heavy atom.